The molecule has 6 fully saturated rings. The van der Waals surface area contributed by atoms with Crippen LogP contribution in [0.25, 0.3) is 0 Å². The molecular weight excluding hydrogens is 652 g/mol. The molecule has 0 spiro atoms. The van der Waals surface area contributed by atoms with Crippen LogP contribution in [-0.4, -0.2) is 130 Å². The third-order valence-electron chi connectivity index (χ3n) is 14.4. The van der Waals surface area contributed by atoms with Gasteiger partial charge in [0.2, 0.25) is 0 Å². The number of aliphatic hydroxyl groups is 6. The van der Waals surface area contributed by atoms with E-state index in [1.807, 2.05) is 0 Å². The number of esters is 1. The molecule has 3 heterocycles. The summed E-state index contributed by atoms with van der Waals surface area (Å²) in [5.74, 6) is 0.598. The zero-order chi connectivity index (χ0) is 35.9. The number of aliphatic hydroxyl groups excluding tert-OH is 5. The molecule has 0 aromatic heterocycles. The maximum atomic E-state index is 12.5. The van der Waals surface area contributed by atoms with Crippen molar-refractivity contribution in [2.75, 3.05) is 20.3 Å². The van der Waals surface area contributed by atoms with Crippen molar-refractivity contribution in [3.8, 4) is 0 Å². The summed E-state index contributed by atoms with van der Waals surface area (Å²) in [6.07, 6.45) is -3.90. The van der Waals surface area contributed by atoms with Crippen LogP contribution in [0.3, 0.4) is 0 Å². The fourth-order valence-electron chi connectivity index (χ4n) is 11.3. The van der Waals surface area contributed by atoms with Gasteiger partial charge in [0, 0.05) is 24.5 Å². The minimum atomic E-state index is -1.61. The molecule has 0 amide bonds. The van der Waals surface area contributed by atoms with Crippen LogP contribution >= 0.6 is 0 Å². The van der Waals surface area contributed by atoms with Gasteiger partial charge in [0.05, 0.1) is 24.4 Å². The van der Waals surface area contributed by atoms with Crippen LogP contribution in [0.4, 0.5) is 0 Å². The minimum absolute atomic E-state index is 0.000923. The zero-order valence-corrected chi connectivity index (χ0v) is 29.6. The Morgan fingerprint density at radius 1 is 0.920 bits per heavy atom. The van der Waals surface area contributed by atoms with E-state index < -0.39 is 79.0 Å². The lowest BCUT2D eigenvalue weighted by Crippen LogP contribution is -2.64. The Balaban J connectivity index is 1.00. The molecule has 4 aliphatic carbocycles. The fraction of sp³-hybridized carbons (Fsp3) is 0.865. The predicted octanol–water partition coefficient (Wildman–Crippen LogP) is 1.10. The second-order valence-corrected chi connectivity index (χ2v) is 16.6. The highest BCUT2D eigenvalue weighted by molar-refractivity contribution is 5.85. The van der Waals surface area contributed by atoms with Crippen LogP contribution in [0.2, 0.25) is 0 Å². The third kappa shape index (κ3) is 5.66. The summed E-state index contributed by atoms with van der Waals surface area (Å²) in [5, 5.41) is 64.4. The first kappa shape index (κ1) is 36.9. The van der Waals surface area contributed by atoms with Crippen molar-refractivity contribution >= 4 is 5.97 Å². The molecule has 2 saturated heterocycles. The predicted molar refractivity (Wildman–Crippen MR) is 175 cm³/mol. The Hall–Kier alpha value is -1.49. The van der Waals surface area contributed by atoms with E-state index in [0.29, 0.717) is 24.9 Å². The van der Waals surface area contributed by atoms with Gasteiger partial charge in [0.25, 0.3) is 0 Å². The molecule has 13 nitrogen and oxygen atoms in total. The molecular formula is C37H56O13. The molecule has 3 aliphatic heterocycles. The summed E-state index contributed by atoms with van der Waals surface area (Å²) >= 11 is 0. The zero-order valence-electron chi connectivity index (χ0n) is 29.6. The van der Waals surface area contributed by atoms with E-state index in [2.05, 4.69) is 20.4 Å². The summed E-state index contributed by atoms with van der Waals surface area (Å²) in [7, 11) is 1.43. The van der Waals surface area contributed by atoms with Gasteiger partial charge < -0.3 is 59.1 Å². The average molecular weight is 709 g/mol. The number of rotatable bonds is 7. The topological polar surface area (TPSA) is 194 Å². The number of ether oxygens (including phenoxy) is 6. The van der Waals surface area contributed by atoms with Crippen molar-refractivity contribution in [3.05, 3.63) is 23.8 Å². The molecule has 6 N–H and O–H groups in total. The van der Waals surface area contributed by atoms with E-state index in [1.165, 1.54) is 7.11 Å². The van der Waals surface area contributed by atoms with E-state index in [-0.39, 0.29) is 29.3 Å². The van der Waals surface area contributed by atoms with Crippen LogP contribution in [0, 0.1) is 34.5 Å². The van der Waals surface area contributed by atoms with Gasteiger partial charge in [-0.2, -0.15) is 0 Å². The number of cyclic esters (lactones) is 1. The molecule has 0 aromatic rings. The Labute approximate surface area is 293 Å². The molecule has 7 rings (SSSR count). The number of carbonyl (C=O) groups is 1. The van der Waals surface area contributed by atoms with Gasteiger partial charge in [-0.15, -0.1) is 0 Å². The highest BCUT2D eigenvalue weighted by atomic mass is 16.7. The summed E-state index contributed by atoms with van der Waals surface area (Å²) in [4.78, 5) is 11.9. The highest BCUT2D eigenvalue weighted by Gasteiger charge is 2.69. The Bertz CT molecular complexity index is 1340. The van der Waals surface area contributed by atoms with Crippen LogP contribution in [0.15, 0.2) is 23.8 Å². The molecule has 7 aliphatic rings. The average Bonchev–Trinajstić information content (AvgIpc) is 3.62. The molecule has 0 radical (unpaired) electrons. The number of methoxy groups -OCH3 is 1. The summed E-state index contributed by atoms with van der Waals surface area (Å²) in [5.41, 5.74) is 0.711. The summed E-state index contributed by atoms with van der Waals surface area (Å²) < 4.78 is 35.1. The van der Waals surface area contributed by atoms with Crippen molar-refractivity contribution < 1.29 is 63.9 Å². The van der Waals surface area contributed by atoms with Crippen molar-refractivity contribution in [1.29, 1.82) is 0 Å². The van der Waals surface area contributed by atoms with E-state index in [4.69, 9.17) is 28.4 Å². The largest absolute Gasteiger partial charge is 0.458 e. The van der Waals surface area contributed by atoms with Gasteiger partial charge in [-0.25, -0.2) is 4.79 Å². The molecule has 282 valence electrons. The minimum Gasteiger partial charge on any atom is -0.458 e. The van der Waals surface area contributed by atoms with E-state index >= 15 is 0 Å². The quantitative estimate of drug-likeness (QED) is 0.125. The van der Waals surface area contributed by atoms with E-state index in [1.54, 1.807) is 13.0 Å². The maximum absolute atomic E-state index is 12.5. The van der Waals surface area contributed by atoms with Crippen molar-refractivity contribution in [3.63, 3.8) is 0 Å². The van der Waals surface area contributed by atoms with Gasteiger partial charge >= 0.3 is 5.97 Å². The lowest BCUT2D eigenvalue weighted by molar-refractivity contribution is -0.362. The molecule has 4 saturated carbocycles. The van der Waals surface area contributed by atoms with Crippen LogP contribution in [0.5, 0.6) is 0 Å². The summed E-state index contributed by atoms with van der Waals surface area (Å²) in [6, 6.07) is 0. The maximum Gasteiger partial charge on any atom is 0.331 e. The monoisotopic (exact) mass is 708 g/mol. The van der Waals surface area contributed by atoms with Gasteiger partial charge in [-0.3, -0.25) is 0 Å². The second-order valence-electron chi connectivity index (χ2n) is 16.6. The van der Waals surface area contributed by atoms with Crippen molar-refractivity contribution in [2.24, 2.45) is 34.5 Å². The van der Waals surface area contributed by atoms with Crippen LogP contribution in [-0.2, 0) is 33.2 Å². The highest BCUT2D eigenvalue weighted by Crippen LogP contribution is 2.71. The molecule has 0 aromatic carbocycles. The van der Waals surface area contributed by atoms with E-state index in [0.717, 1.165) is 56.1 Å². The lowest BCUT2D eigenvalue weighted by atomic mass is 9.51. The molecule has 0 bridgehead atoms. The molecule has 18 atom stereocenters. The third-order valence-corrected chi connectivity index (χ3v) is 14.4. The number of hydrogen-bond acceptors (Lipinski definition) is 13. The van der Waals surface area contributed by atoms with Gasteiger partial charge in [0.15, 0.2) is 12.6 Å². The van der Waals surface area contributed by atoms with Crippen molar-refractivity contribution in [2.45, 2.75) is 145 Å². The van der Waals surface area contributed by atoms with Crippen LogP contribution in [0.1, 0.15) is 72.1 Å². The number of carbonyl (C=O) groups excluding carboxylic acids is 1. The summed E-state index contributed by atoms with van der Waals surface area (Å²) in [6.45, 7) is 10.6. The van der Waals surface area contributed by atoms with Crippen LogP contribution < -0.4 is 0 Å². The van der Waals surface area contributed by atoms with Gasteiger partial charge in [-0.1, -0.05) is 26.0 Å². The molecule has 0 unspecified atom stereocenters. The smallest absolute Gasteiger partial charge is 0.331 e. The Kier molecular flexibility index (Phi) is 9.89. The standard InChI is InChI=1S/C37H56O13/c1-17-22(19-12-26(39)46-16-19)9-11-37(44)23-7-6-20-13-21(8-10-35(20,3)24(23)14-36(17,37)4)48-34-30(43)32(45-5)31(18(2)47-34)50-33-29(42)28(41)27(40)25(15-38)49-33/h12,18,20-25,27-34,38,40-44H,1,6-11,13-16H2,2-5H3/t18-,20+,21-,22-,23+,24-,25+,27+,28-,29+,30+,31-,32-,33-,34-,35-,36+,37-/m0/s1. The van der Waals surface area contributed by atoms with Crippen molar-refractivity contribution in [1.82, 2.24) is 0 Å². The first-order valence-corrected chi connectivity index (χ1v) is 18.4. The number of fused-ring (bicyclic) bond motifs is 5. The first-order valence-electron chi connectivity index (χ1n) is 18.4. The number of hydrogen-bond donors (Lipinski definition) is 6. The fourth-order valence-corrected chi connectivity index (χ4v) is 11.3. The Morgan fingerprint density at radius 3 is 2.34 bits per heavy atom. The normalized spacial score (nSPS) is 53.6. The Morgan fingerprint density at radius 2 is 1.66 bits per heavy atom. The molecule has 50 heavy (non-hydrogen) atoms. The first-order chi connectivity index (χ1) is 23.7. The molecule has 13 heteroatoms. The van der Waals surface area contributed by atoms with E-state index in [9.17, 15) is 35.4 Å². The lowest BCUT2D eigenvalue weighted by Gasteiger charge is -2.56. The SMILES string of the molecule is C=C1[C@@H](C2=CC(=O)OC2)CC[C@]2(O)[C@@H]3CC[C@@H]4C[C@@H](O[C@@H]5O[C@@H](C)[C@H](O[C@@H]6O[C@H](CO)[C@@H](O)[C@H](O)[C@H]6O)[C@@H](OC)[C@H]5O)CC[C@]4(C)[C@H]3C[C@]12C. The second kappa shape index (κ2) is 13.4. The van der Waals surface area contributed by atoms with Gasteiger partial charge in [0.1, 0.15) is 49.3 Å². The van der Waals surface area contributed by atoms with Gasteiger partial charge in [-0.05, 0) is 87.0 Å².